The van der Waals surface area contributed by atoms with Gasteiger partial charge in [0.15, 0.2) is 0 Å². The lowest BCUT2D eigenvalue weighted by Crippen LogP contribution is -2.24. The van der Waals surface area contributed by atoms with Crippen LogP contribution in [0.4, 0.5) is 0 Å². The van der Waals surface area contributed by atoms with Crippen molar-refractivity contribution in [3.63, 3.8) is 0 Å². The molecule has 1 heterocycles. The van der Waals surface area contributed by atoms with E-state index in [9.17, 15) is 8.42 Å². The maximum Gasteiger partial charge on any atom is 0.244 e. The van der Waals surface area contributed by atoms with Crippen molar-refractivity contribution in [1.29, 1.82) is 0 Å². The van der Waals surface area contributed by atoms with Gasteiger partial charge in [-0.1, -0.05) is 6.07 Å². The highest BCUT2D eigenvalue weighted by Crippen LogP contribution is 2.24. The van der Waals surface area contributed by atoms with Gasteiger partial charge in [0.25, 0.3) is 0 Å². The van der Waals surface area contributed by atoms with Crippen molar-refractivity contribution in [2.24, 2.45) is 5.73 Å². The number of nitrogens with two attached hydrogens (primary N) is 1. The molecule has 7 heteroatoms. The maximum atomic E-state index is 12.4. The average Bonchev–Trinajstić information content (AvgIpc) is 2.53. The first kappa shape index (κ1) is 15.4. The second kappa shape index (κ2) is 6.66. The van der Waals surface area contributed by atoms with Gasteiger partial charge in [-0.15, -0.1) is 0 Å². The molecule has 6 nitrogen and oxygen atoms in total. The van der Waals surface area contributed by atoms with E-state index < -0.39 is 10.0 Å². The summed E-state index contributed by atoms with van der Waals surface area (Å²) < 4.78 is 32.5. The van der Waals surface area contributed by atoms with Crippen molar-refractivity contribution in [3.8, 4) is 5.75 Å². The minimum atomic E-state index is -3.68. The Morgan fingerprint density at radius 1 is 1.19 bits per heavy atom. The molecule has 0 spiro atoms. The third-order valence-corrected chi connectivity index (χ3v) is 4.39. The number of nitrogens with one attached hydrogen (secondary N) is 1. The molecule has 0 saturated heterocycles. The van der Waals surface area contributed by atoms with E-state index in [1.165, 1.54) is 13.2 Å². The molecule has 21 heavy (non-hydrogen) atoms. The first-order valence-electron chi connectivity index (χ1n) is 6.32. The van der Waals surface area contributed by atoms with E-state index in [0.29, 0.717) is 0 Å². The first-order valence-corrected chi connectivity index (χ1v) is 7.80. The Kier molecular flexibility index (Phi) is 4.89. The molecule has 0 bridgehead atoms. The molecule has 0 saturated carbocycles. The predicted molar refractivity (Wildman–Crippen MR) is 79.1 cm³/mol. The second-order valence-corrected chi connectivity index (χ2v) is 6.10. The van der Waals surface area contributed by atoms with E-state index in [4.69, 9.17) is 10.5 Å². The SMILES string of the molecule is COc1ccc(CN)cc1S(=O)(=O)NCc1ccncc1. The van der Waals surface area contributed by atoms with E-state index in [1.54, 1.807) is 36.7 Å². The van der Waals surface area contributed by atoms with Crippen LogP contribution in [0.15, 0.2) is 47.6 Å². The molecule has 0 aliphatic rings. The molecule has 0 amide bonds. The summed E-state index contributed by atoms with van der Waals surface area (Å²) in [6.07, 6.45) is 3.22. The molecular formula is C14H17N3O3S. The molecule has 1 aromatic carbocycles. The molecule has 2 rings (SSSR count). The van der Waals surface area contributed by atoms with Gasteiger partial charge in [-0.25, -0.2) is 13.1 Å². The lowest BCUT2D eigenvalue weighted by Gasteiger charge is -2.12. The summed E-state index contributed by atoms with van der Waals surface area (Å²) in [7, 11) is -2.25. The molecule has 3 N–H and O–H groups in total. The normalized spacial score (nSPS) is 11.3. The standard InChI is InChI=1S/C14H17N3O3S/c1-20-13-3-2-12(9-15)8-14(13)21(18,19)17-10-11-4-6-16-7-5-11/h2-8,17H,9-10,15H2,1H3. The first-order chi connectivity index (χ1) is 10.1. The van der Waals surface area contributed by atoms with Gasteiger partial charge < -0.3 is 10.5 Å². The molecule has 112 valence electrons. The van der Waals surface area contributed by atoms with Gasteiger partial charge in [0.1, 0.15) is 10.6 Å². The monoisotopic (exact) mass is 307 g/mol. The Morgan fingerprint density at radius 2 is 1.90 bits per heavy atom. The van der Waals surface area contributed by atoms with E-state index >= 15 is 0 Å². The second-order valence-electron chi connectivity index (χ2n) is 4.37. The zero-order valence-corrected chi connectivity index (χ0v) is 12.4. The predicted octanol–water partition coefficient (Wildman–Crippen LogP) is 1.03. The Hall–Kier alpha value is -1.96. The average molecular weight is 307 g/mol. The highest BCUT2D eigenvalue weighted by atomic mass is 32.2. The molecular weight excluding hydrogens is 290 g/mol. The van der Waals surface area contributed by atoms with E-state index in [2.05, 4.69) is 9.71 Å². The van der Waals surface area contributed by atoms with Gasteiger partial charge in [0.2, 0.25) is 10.0 Å². The fourth-order valence-electron chi connectivity index (χ4n) is 1.81. The largest absolute Gasteiger partial charge is 0.495 e. The molecule has 0 radical (unpaired) electrons. The summed E-state index contributed by atoms with van der Waals surface area (Å²) in [5, 5.41) is 0. The number of sulfonamides is 1. The molecule has 1 aromatic heterocycles. The lowest BCUT2D eigenvalue weighted by atomic mass is 10.2. The molecule has 0 atom stereocenters. The maximum absolute atomic E-state index is 12.4. The Labute approximate surface area is 124 Å². The number of methoxy groups -OCH3 is 1. The number of hydrogen-bond donors (Lipinski definition) is 2. The van der Waals surface area contributed by atoms with Crippen LogP contribution in [0.3, 0.4) is 0 Å². The summed E-state index contributed by atoms with van der Waals surface area (Å²) in [5.74, 6) is 0.287. The van der Waals surface area contributed by atoms with Crippen LogP contribution in [0.5, 0.6) is 5.75 Å². The van der Waals surface area contributed by atoms with Gasteiger partial charge in [0.05, 0.1) is 7.11 Å². The minimum absolute atomic E-state index is 0.0852. The van der Waals surface area contributed by atoms with Gasteiger partial charge >= 0.3 is 0 Å². The van der Waals surface area contributed by atoms with Crippen LogP contribution in [0.1, 0.15) is 11.1 Å². The Balaban J connectivity index is 2.26. The van der Waals surface area contributed by atoms with Crippen molar-refractivity contribution in [1.82, 2.24) is 9.71 Å². The molecule has 0 fully saturated rings. The van der Waals surface area contributed by atoms with Crippen LogP contribution in [-0.4, -0.2) is 20.5 Å². The van der Waals surface area contributed by atoms with Gasteiger partial charge in [0, 0.05) is 25.5 Å². The van der Waals surface area contributed by atoms with Crippen LogP contribution < -0.4 is 15.2 Å². The summed E-state index contributed by atoms with van der Waals surface area (Å²) in [6, 6.07) is 8.35. The van der Waals surface area contributed by atoms with Crippen LogP contribution in [-0.2, 0) is 23.1 Å². The van der Waals surface area contributed by atoms with Crippen molar-refractivity contribution in [2.45, 2.75) is 18.0 Å². The van der Waals surface area contributed by atoms with E-state index in [0.717, 1.165) is 11.1 Å². The summed E-state index contributed by atoms with van der Waals surface area (Å²) in [5.41, 5.74) is 7.10. The van der Waals surface area contributed by atoms with Crippen molar-refractivity contribution in [2.75, 3.05) is 7.11 Å². The van der Waals surface area contributed by atoms with Crippen LogP contribution in [0.25, 0.3) is 0 Å². The minimum Gasteiger partial charge on any atom is -0.495 e. The number of rotatable bonds is 6. The van der Waals surface area contributed by atoms with E-state index in [-0.39, 0.29) is 23.7 Å². The van der Waals surface area contributed by atoms with Crippen LogP contribution in [0, 0.1) is 0 Å². The highest BCUT2D eigenvalue weighted by molar-refractivity contribution is 7.89. The van der Waals surface area contributed by atoms with E-state index in [1.807, 2.05) is 0 Å². The third kappa shape index (κ3) is 3.78. The number of pyridine rings is 1. The fourth-order valence-corrected chi connectivity index (χ4v) is 3.05. The summed E-state index contributed by atoms with van der Waals surface area (Å²) >= 11 is 0. The topological polar surface area (TPSA) is 94.3 Å². The number of benzene rings is 1. The van der Waals surface area contributed by atoms with Crippen molar-refractivity contribution >= 4 is 10.0 Å². The number of aromatic nitrogens is 1. The molecule has 2 aromatic rings. The number of hydrogen-bond acceptors (Lipinski definition) is 5. The van der Waals surface area contributed by atoms with Gasteiger partial charge in [-0.2, -0.15) is 0 Å². The third-order valence-electron chi connectivity index (χ3n) is 2.97. The van der Waals surface area contributed by atoms with Gasteiger partial charge in [-0.3, -0.25) is 4.98 Å². The summed E-state index contributed by atoms with van der Waals surface area (Å²) in [4.78, 5) is 3.97. The van der Waals surface area contributed by atoms with Crippen molar-refractivity contribution < 1.29 is 13.2 Å². The Morgan fingerprint density at radius 3 is 2.52 bits per heavy atom. The molecule has 0 aliphatic carbocycles. The quantitative estimate of drug-likeness (QED) is 0.831. The Bertz CT molecular complexity index is 703. The number of ether oxygens (including phenoxy) is 1. The van der Waals surface area contributed by atoms with Crippen molar-refractivity contribution in [3.05, 3.63) is 53.9 Å². The molecule has 0 aliphatic heterocycles. The summed E-state index contributed by atoms with van der Waals surface area (Å²) in [6.45, 7) is 0.442. The number of nitrogens with zero attached hydrogens (tertiary/aromatic N) is 1. The zero-order valence-electron chi connectivity index (χ0n) is 11.6. The zero-order chi connectivity index (χ0) is 15.3. The lowest BCUT2D eigenvalue weighted by molar-refractivity contribution is 0.402. The molecule has 0 unspecified atom stereocenters. The fraction of sp³-hybridized carbons (Fsp3) is 0.214. The highest BCUT2D eigenvalue weighted by Gasteiger charge is 2.19. The van der Waals surface area contributed by atoms with Gasteiger partial charge in [-0.05, 0) is 35.4 Å². The van der Waals surface area contributed by atoms with Crippen LogP contribution in [0.2, 0.25) is 0 Å². The smallest absolute Gasteiger partial charge is 0.244 e. The van der Waals surface area contributed by atoms with Crippen LogP contribution >= 0.6 is 0 Å².